The first-order valence-corrected chi connectivity index (χ1v) is 13.0. The van der Waals surface area contributed by atoms with E-state index < -0.39 is 27.2 Å². The number of halogens is 3. The molecule has 0 aliphatic rings. The van der Waals surface area contributed by atoms with Crippen molar-refractivity contribution in [2.75, 3.05) is 0 Å². The summed E-state index contributed by atoms with van der Waals surface area (Å²) < 4.78 is 59.5. The zero-order valence-electron chi connectivity index (χ0n) is 18.8. The van der Waals surface area contributed by atoms with E-state index in [0.717, 1.165) is 11.1 Å². The molecular formula is C25H22F3N3OS2. The van der Waals surface area contributed by atoms with Gasteiger partial charge in [0.25, 0.3) is 0 Å². The Morgan fingerprint density at radius 2 is 1.62 bits per heavy atom. The summed E-state index contributed by atoms with van der Waals surface area (Å²) in [5.41, 5.74) is 1.48. The molecule has 1 atom stereocenters. The Kier molecular flexibility index (Phi) is 6.86. The van der Waals surface area contributed by atoms with Gasteiger partial charge in [-0.2, -0.15) is 4.36 Å². The molecule has 176 valence electrons. The van der Waals surface area contributed by atoms with Gasteiger partial charge in [0.1, 0.15) is 17.5 Å². The number of benzene rings is 2. The summed E-state index contributed by atoms with van der Waals surface area (Å²) in [7, 11) is -2.94. The largest absolute Gasteiger partial charge is 0.244 e. The third kappa shape index (κ3) is 4.90. The van der Waals surface area contributed by atoms with Gasteiger partial charge in [0.05, 0.1) is 25.3 Å². The molecule has 0 saturated carbocycles. The fraction of sp³-hybridized carbons (Fsp3) is 0.200. The van der Waals surface area contributed by atoms with E-state index in [0.29, 0.717) is 33.0 Å². The summed E-state index contributed by atoms with van der Waals surface area (Å²) in [6, 6.07) is 12.2. The topological polar surface area (TPSA) is 55.2 Å². The van der Waals surface area contributed by atoms with Crippen molar-refractivity contribution in [3.63, 3.8) is 0 Å². The normalized spacial score (nSPS) is 13.1. The average molecular weight is 502 g/mol. The molecule has 0 radical (unpaired) electrons. The van der Waals surface area contributed by atoms with Crippen molar-refractivity contribution in [3.8, 4) is 21.7 Å². The van der Waals surface area contributed by atoms with Gasteiger partial charge >= 0.3 is 0 Å². The lowest BCUT2D eigenvalue weighted by Gasteiger charge is -2.14. The first-order valence-electron chi connectivity index (χ1n) is 10.6. The van der Waals surface area contributed by atoms with Gasteiger partial charge in [-0.05, 0) is 74.4 Å². The van der Waals surface area contributed by atoms with Crippen LogP contribution in [0.5, 0.6) is 0 Å². The van der Waals surface area contributed by atoms with Crippen LogP contribution in [0.2, 0.25) is 0 Å². The Morgan fingerprint density at radius 3 is 2.24 bits per heavy atom. The highest BCUT2D eigenvalue weighted by Gasteiger charge is 2.20. The van der Waals surface area contributed by atoms with Crippen molar-refractivity contribution >= 4 is 26.9 Å². The van der Waals surface area contributed by atoms with E-state index in [1.54, 1.807) is 32.2 Å². The maximum Gasteiger partial charge on any atom is 0.162 e. The Balaban J connectivity index is 1.86. The molecule has 0 saturated heterocycles. The predicted octanol–water partition coefficient (Wildman–Crippen LogP) is 7.42. The fourth-order valence-corrected chi connectivity index (χ4v) is 6.19. The quantitative estimate of drug-likeness (QED) is 0.276. The fourth-order valence-electron chi connectivity index (χ4n) is 3.41. The van der Waals surface area contributed by atoms with Gasteiger partial charge in [-0.25, -0.2) is 27.3 Å². The van der Waals surface area contributed by atoms with Crippen LogP contribution in [0.1, 0.15) is 25.8 Å². The molecule has 2 aromatic heterocycles. The second kappa shape index (κ2) is 9.68. The summed E-state index contributed by atoms with van der Waals surface area (Å²) in [4.78, 5) is 9.99. The van der Waals surface area contributed by atoms with Crippen molar-refractivity contribution in [1.82, 2.24) is 9.97 Å². The van der Waals surface area contributed by atoms with Crippen molar-refractivity contribution in [2.45, 2.75) is 37.3 Å². The highest BCUT2D eigenvalue weighted by Crippen LogP contribution is 2.38. The van der Waals surface area contributed by atoms with Crippen LogP contribution < -0.4 is 0 Å². The third-order valence-electron chi connectivity index (χ3n) is 5.14. The minimum Gasteiger partial charge on any atom is -0.244 e. The molecule has 4 nitrogen and oxygen atoms in total. The summed E-state index contributed by atoms with van der Waals surface area (Å²) in [6.45, 7) is 5.52. The average Bonchev–Trinajstić information content (AvgIpc) is 3.24. The summed E-state index contributed by atoms with van der Waals surface area (Å²) >= 11 is 1.41. The van der Waals surface area contributed by atoms with E-state index >= 15 is 0 Å². The monoisotopic (exact) mass is 501 g/mol. The Bertz CT molecular complexity index is 1440. The smallest absolute Gasteiger partial charge is 0.162 e. The van der Waals surface area contributed by atoms with Crippen LogP contribution in [-0.2, 0) is 16.1 Å². The highest BCUT2D eigenvalue weighted by molar-refractivity contribution is 7.94. The van der Waals surface area contributed by atoms with Gasteiger partial charge in [-0.15, -0.1) is 11.3 Å². The number of pyridine rings is 1. The van der Waals surface area contributed by atoms with E-state index in [4.69, 9.17) is 0 Å². The molecule has 2 aromatic carbocycles. The van der Waals surface area contributed by atoms with Gasteiger partial charge in [0.15, 0.2) is 5.82 Å². The molecule has 0 spiro atoms. The van der Waals surface area contributed by atoms with E-state index in [9.17, 15) is 17.4 Å². The molecule has 9 heteroatoms. The number of aromatic nitrogens is 2. The molecule has 0 aliphatic carbocycles. The molecule has 4 aromatic rings. The van der Waals surface area contributed by atoms with Crippen LogP contribution >= 0.6 is 11.3 Å². The SMILES string of the molecule is CCc1nc(-c2cc(F)cc(F)c2)c(-c2ccnc(N=S(=O)(c3ccc(F)cc3)C(C)C)c2)s1. The van der Waals surface area contributed by atoms with Crippen LogP contribution in [0.15, 0.2) is 70.1 Å². The third-order valence-corrected chi connectivity index (χ3v) is 9.07. The number of thiazole rings is 1. The minimum absolute atomic E-state index is 0.239. The Morgan fingerprint density at radius 1 is 0.941 bits per heavy atom. The first kappa shape index (κ1) is 24.1. The first-order chi connectivity index (χ1) is 16.2. The van der Waals surface area contributed by atoms with Crippen molar-refractivity contribution in [3.05, 3.63) is 83.3 Å². The molecule has 34 heavy (non-hydrogen) atoms. The van der Waals surface area contributed by atoms with E-state index in [2.05, 4.69) is 14.3 Å². The Labute approximate surface area is 200 Å². The number of nitrogens with zero attached hydrogens (tertiary/aromatic N) is 3. The number of rotatable bonds is 6. The van der Waals surface area contributed by atoms with Crippen LogP contribution in [-0.4, -0.2) is 19.4 Å². The maximum absolute atomic E-state index is 13.9. The van der Waals surface area contributed by atoms with Crippen LogP contribution in [0.4, 0.5) is 19.0 Å². The Hall–Kier alpha value is -3.04. The summed E-state index contributed by atoms with van der Waals surface area (Å²) in [5, 5.41) is 0.451. The maximum atomic E-state index is 13.9. The molecule has 0 aliphatic heterocycles. The van der Waals surface area contributed by atoms with Gasteiger partial charge in [-0.3, -0.25) is 0 Å². The number of aryl methyl sites for hydroxylation is 1. The lowest BCUT2D eigenvalue weighted by molar-refractivity contribution is 0.584. The zero-order chi connectivity index (χ0) is 24.5. The second-order valence-electron chi connectivity index (χ2n) is 7.86. The van der Waals surface area contributed by atoms with Crippen LogP contribution in [0.25, 0.3) is 21.7 Å². The summed E-state index contributed by atoms with van der Waals surface area (Å²) in [5.74, 6) is -1.56. The lowest BCUT2D eigenvalue weighted by atomic mass is 10.1. The molecule has 1 unspecified atom stereocenters. The van der Waals surface area contributed by atoms with Crippen LogP contribution in [0.3, 0.4) is 0 Å². The van der Waals surface area contributed by atoms with Crippen molar-refractivity contribution < 1.29 is 17.4 Å². The van der Waals surface area contributed by atoms with Crippen molar-refractivity contribution in [1.29, 1.82) is 0 Å². The molecule has 0 amide bonds. The minimum atomic E-state index is -2.94. The molecule has 4 rings (SSSR count). The lowest BCUT2D eigenvalue weighted by Crippen LogP contribution is -2.13. The van der Waals surface area contributed by atoms with Crippen molar-refractivity contribution in [2.24, 2.45) is 4.36 Å². The molecule has 0 N–H and O–H groups in total. The molecule has 2 heterocycles. The zero-order valence-corrected chi connectivity index (χ0v) is 20.4. The van der Waals surface area contributed by atoms with Crippen LogP contribution in [0, 0.1) is 17.5 Å². The summed E-state index contributed by atoms with van der Waals surface area (Å²) in [6.07, 6.45) is 2.20. The molecule has 0 bridgehead atoms. The predicted molar refractivity (Wildman–Crippen MR) is 130 cm³/mol. The highest BCUT2D eigenvalue weighted by atomic mass is 32.2. The number of hydrogen-bond acceptors (Lipinski definition) is 5. The standard InChI is InChI=1S/C25H22F3N3OS2/c1-4-23-30-24(17-11-19(27)14-20(28)12-17)25(33-23)16-9-10-29-22(13-16)31-34(32,15(2)3)21-7-5-18(26)6-8-21/h5-15H,4H2,1-3H3. The van der Waals surface area contributed by atoms with Gasteiger partial charge in [0.2, 0.25) is 0 Å². The van der Waals surface area contributed by atoms with E-state index in [1.165, 1.54) is 47.7 Å². The van der Waals surface area contributed by atoms with Gasteiger partial charge in [0, 0.05) is 28.0 Å². The number of hydrogen-bond donors (Lipinski definition) is 0. The second-order valence-corrected chi connectivity index (χ2v) is 11.7. The molecule has 0 fully saturated rings. The van der Waals surface area contributed by atoms with E-state index in [1.807, 2.05) is 6.92 Å². The molecular weight excluding hydrogens is 479 g/mol. The van der Waals surface area contributed by atoms with Gasteiger partial charge < -0.3 is 0 Å². The van der Waals surface area contributed by atoms with Gasteiger partial charge in [-0.1, -0.05) is 6.92 Å². The van der Waals surface area contributed by atoms with E-state index in [-0.39, 0.29) is 11.1 Å².